The largest absolute Gasteiger partial charge is 0.384 e. The van der Waals surface area contributed by atoms with E-state index in [-0.39, 0.29) is 5.84 Å². The summed E-state index contributed by atoms with van der Waals surface area (Å²) in [5, 5.41) is 24.6. The lowest BCUT2D eigenvalue weighted by Crippen LogP contribution is -2.13. The standard InChI is InChI=1S/C11H9N7S/c12-9(13)7-4-5-14-16-10(7)19-11-17-15-8-3-1-2-6-18(8)11/h1-6H,(H3,12,13). The zero-order valence-corrected chi connectivity index (χ0v) is 10.5. The van der Waals surface area contributed by atoms with Crippen LogP contribution >= 0.6 is 11.8 Å². The molecule has 0 spiro atoms. The van der Waals surface area contributed by atoms with E-state index in [1.807, 2.05) is 28.8 Å². The van der Waals surface area contributed by atoms with Crippen LogP contribution in [0.15, 0.2) is 46.8 Å². The van der Waals surface area contributed by atoms with Crippen LogP contribution in [0, 0.1) is 5.41 Å². The van der Waals surface area contributed by atoms with Crippen molar-refractivity contribution in [2.45, 2.75) is 10.2 Å². The van der Waals surface area contributed by atoms with Gasteiger partial charge in [0, 0.05) is 6.20 Å². The molecule has 7 nitrogen and oxygen atoms in total. The normalized spacial score (nSPS) is 10.7. The molecular formula is C11H9N7S. The molecule has 3 aromatic rings. The van der Waals surface area contributed by atoms with Crippen molar-refractivity contribution in [1.82, 2.24) is 24.8 Å². The molecule has 0 aromatic carbocycles. The van der Waals surface area contributed by atoms with Gasteiger partial charge < -0.3 is 5.73 Å². The van der Waals surface area contributed by atoms with Crippen LogP contribution in [0.4, 0.5) is 0 Å². The molecule has 8 heteroatoms. The molecule has 0 amide bonds. The number of hydrogen-bond acceptors (Lipinski definition) is 6. The lowest BCUT2D eigenvalue weighted by Gasteiger charge is -2.03. The number of hydrogen-bond donors (Lipinski definition) is 2. The zero-order chi connectivity index (χ0) is 13.2. The molecule has 3 rings (SSSR count). The minimum Gasteiger partial charge on any atom is -0.384 e. The van der Waals surface area contributed by atoms with Gasteiger partial charge in [-0.15, -0.1) is 15.3 Å². The molecule has 3 N–H and O–H groups in total. The molecule has 3 heterocycles. The fourth-order valence-corrected chi connectivity index (χ4v) is 2.46. The fraction of sp³-hybridized carbons (Fsp3) is 0. The minimum atomic E-state index is -0.0498. The van der Waals surface area contributed by atoms with Gasteiger partial charge in [-0.3, -0.25) is 9.81 Å². The van der Waals surface area contributed by atoms with Gasteiger partial charge in [-0.2, -0.15) is 5.10 Å². The van der Waals surface area contributed by atoms with Crippen molar-refractivity contribution in [2.75, 3.05) is 0 Å². The van der Waals surface area contributed by atoms with Gasteiger partial charge >= 0.3 is 0 Å². The number of amidine groups is 1. The highest BCUT2D eigenvalue weighted by Gasteiger charge is 2.13. The molecular weight excluding hydrogens is 262 g/mol. The predicted molar refractivity (Wildman–Crippen MR) is 70.2 cm³/mol. The number of fused-ring (bicyclic) bond motifs is 1. The number of aromatic nitrogens is 5. The second kappa shape index (κ2) is 4.65. The zero-order valence-electron chi connectivity index (χ0n) is 9.69. The van der Waals surface area contributed by atoms with E-state index in [0.717, 1.165) is 5.65 Å². The Morgan fingerprint density at radius 2 is 2.11 bits per heavy atom. The Morgan fingerprint density at radius 1 is 1.21 bits per heavy atom. The Hall–Kier alpha value is -2.48. The van der Waals surface area contributed by atoms with Crippen molar-refractivity contribution in [1.29, 1.82) is 5.41 Å². The van der Waals surface area contributed by atoms with Gasteiger partial charge in [-0.05, 0) is 30.0 Å². The highest BCUT2D eigenvalue weighted by Crippen LogP contribution is 2.26. The molecule has 3 aromatic heterocycles. The van der Waals surface area contributed by atoms with Crippen LogP contribution in [-0.2, 0) is 0 Å². The maximum Gasteiger partial charge on any atom is 0.201 e. The van der Waals surface area contributed by atoms with E-state index in [1.165, 1.54) is 18.0 Å². The maximum atomic E-state index is 7.52. The molecule has 94 valence electrons. The average Bonchev–Trinajstić information content (AvgIpc) is 2.83. The van der Waals surface area contributed by atoms with Crippen molar-refractivity contribution < 1.29 is 0 Å². The van der Waals surface area contributed by atoms with Crippen molar-refractivity contribution >= 4 is 23.2 Å². The first kappa shape index (κ1) is 11.6. The van der Waals surface area contributed by atoms with Gasteiger partial charge in [0.15, 0.2) is 5.65 Å². The second-order valence-electron chi connectivity index (χ2n) is 3.68. The molecule has 0 aliphatic heterocycles. The second-order valence-corrected chi connectivity index (χ2v) is 4.63. The summed E-state index contributed by atoms with van der Waals surface area (Å²) in [5.74, 6) is -0.0498. The van der Waals surface area contributed by atoms with Crippen LogP contribution < -0.4 is 5.73 Å². The summed E-state index contributed by atoms with van der Waals surface area (Å²) in [6.07, 6.45) is 3.37. The van der Waals surface area contributed by atoms with Gasteiger partial charge in [0.2, 0.25) is 5.16 Å². The Labute approximate surface area is 112 Å². The summed E-state index contributed by atoms with van der Waals surface area (Å²) < 4.78 is 1.84. The van der Waals surface area contributed by atoms with Crippen LogP contribution in [0.1, 0.15) is 5.56 Å². The van der Waals surface area contributed by atoms with E-state index in [2.05, 4.69) is 20.4 Å². The van der Waals surface area contributed by atoms with Crippen molar-refractivity contribution in [3.05, 3.63) is 42.2 Å². The summed E-state index contributed by atoms with van der Waals surface area (Å²) in [5.41, 5.74) is 6.80. The van der Waals surface area contributed by atoms with E-state index < -0.39 is 0 Å². The van der Waals surface area contributed by atoms with E-state index in [4.69, 9.17) is 11.1 Å². The third-order valence-corrected chi connectivity index (χ3v) is 3.40. The molecule has 0 aliphatic rings. The summed E-state index contributed by atoms with van der Waals surface area (Å²) in [4.78, 5) is 0. The molecule has 0 saturated carbocycles. The van der Waals surface area contributed by atoms with Crippen LogP contribution in [0.5, 0.6) is 0 Å². The van der Waals surface area contributed by atoms with Gasteiger partial charge in [-0.1, -0.05) is 6.07 Å². The summed E-state index contributed by atoms with van der Waals surface area (Å²) in [6.45, 7) is 0. The van der Waals surface area contributed by atoms with E-state index in [9.17, 15) is 0 Å². The van der Waals surface area contributed by atoms with Crippen LogP contribution in [0.2, 0.25) is 0 Å². The number of nitrogens with two attached hydrogens (primary N) is 1. The first-order chi connectivity index (χ1) is 9.25. The molecule has 0 radical (unpaired) electrons. The van der Waals surface area contributed by atoms with Gasteiger partial charge in [0.05, 0.1) is 11.8 Å². The van der Waals surface area contributed by atoms with E-state index >= 15 is 0 Å². The summed E-state index contributed by atoms with van der Waals surface area (Å²) in [7, 11) is 0. The fourth-order valence-electron chi connectivity index (χ4n) is 1.57. The minimum absolute atomic E-state index is 0.0498. The third-order valence-electron chi connectivity index (χ3n) is 2.45. The lowest BCUT2D eigenvalue weighted by atomic mass is 10.3. The molecule has 0 bridgehead atoms. The Kier molecular flexibility index (Phi) is 2.84. The SMILES string of the molecule is N=C(N)c1ccnnc1Sc1nnc2ccccn12. The Balaban J connectivity index is 2.04. The van der Waals surface area contributed by atoms with Crippen LogP contribution in [0.3, 0.4) is 0 Å². The van der Waals surface area contributed by atoms with E-state index in [0.29, 0.717) is 15.7 Å². The topological polar surface area (TPSA) is 106 Å². The highest BCUT2D eigenvalue weighted by atomic mass is 32.2. The number of pyridine rings is 1. The summed E-state index contributed by atoms with van der Waals surface area (Å²) >= 11 is 1.27. The number of nitrogens with zero attached hydrogens (tertiary/aromatic N) is 5. The van der Waals surface area contributed by atoms with E-state index in [1.54, 1.807) is 6.07 Å². The van der Waals surface area contributed by atoms with Gasteiger partial charge in [0.1, 0.15) is 10.9 Å². The lowest BCUT2D eigenvalue weighted by molar-refractivity contribution is 0.890. The Bertz CT molecular complexity index is 751. The maximum absolute atomic E-state index is 7.52. The number of nitrogen functional groups attached to an aromatic ring is 1. The quantitative estimate of drug-likeness (QED) is 0.542. The number of rotatable bonds is 3. The first-order valence-corrected chi connectivity index (χ1v) is 6.21. The smallest absolute Gasteiger partial charge is 0.201 e. The van der Waals surface area contributed by atoms with Crippen LogP contribution in [-0.4, -0.2) is 30.6 Å². The first-order valence-electron chi connectivity index (χ1n) is 5.39. The molecule has 0 unspecified atom stereocenters. The van der Waals surface area contributed by atoms with Crippen molar-refractivity contribution in [3.8, 4) is 0 Å². The van der Waals surface area contributed by atoms with Gasteiger partial charge in [-0.25, -0.2) is 0 Å². The van der Waals surface area contributed by atoms with Crippen molar-refractivity contribution in [3.63, 3.8) is 0 Å². The number of nitrogens with one attached hydrogen (secondary N) is 1. The molecule has 0 atom stereocenters. The summed E-state index contributed by atoms with van der Waals surface area (Å²) in [6, 6.07) is 7.30. The monoisotopic (exact) mass is 271 g/mol. The highest BCUT2D eigenvalue weighted by molar-refractivity contribution is 7.99. The average molecular weight is 271 g/mol. The molecule has 19 heavy (non-hydrogen) atoms. The molecule has 0 fully saturated rings. The van der Waals surface area contributed by atoms with Gasteiger partial charge in [0.25, 0.3) is 0 Å². The third kappa shape index (κ3) is 2.13. The Morgan fingerprint density at radius 3 is 2.95 bits per heavy atom. The molecule has 0 saturated heterocycles. The van der Waals surface area contributed by atoms with Crippen molar-refractivity contribution in [2.24, 2.45) is 5.73 Å². The van der Waals surface area contributed by atoms with Crippen LogP contribution in [0.25, 0.3) is 5.65 Å². The molecule has 0 aliphatic carbocycles. The predicted octanol–water partition coefficient (Wildman–Crippen LogP) is 0.955.